The van der Waals surface area contributed by atoms with E-state index in [4.69, 9.17) is 11.6 Å². The maximum absolute atomic E-state index is 13.3. The smallest absolute Gasteiger partial charge is 0.282 e. The summed E-state index contributed by atoms with van der Waals surface area (Å²) < 4.78 is 0. The van der Waals surface area contributed by atoms with Crippen molar-refractivity contribution in [3.8, 4) is 0 Å². The van der Waals surface area contributed by atoms with Crippen molar-refractivity contribution in [1.29, 1.82) is 0 Å². The summed E-state index contributed by atoms with van der Waals surface area (Å²) in [4.78, 5) is 28.5. The van der Waals surface area contributed by atoms with E-state index >= 15 is 0 Å². The van der Waals surface area contributed by atoms with E-state index in [0.717, 1.165) is 16.0 Å². The monoisotopic (exact) mass is 408 g/mol. The first-order valence-electron chi connectivity index (χ1n) is 8.73. The predicted molar refractivity (Wildman–Crippen MR) is 115 cm³/mol. The van der Waals surface area contributed by atoms with Gasteiger partial charge >= 0.3 is 0 Å². The fourth-order valence-electron chi connectivity index (χ4n) is 3.17. The highest BCUT2D eigenvalue weighted by Gasteiger charge is 2.40. The number of carbonyl (C=O) groups excluding carboxylic acids is 2. The zero-order chi connectivity index (χ0) is 19.8. The molecule has 0 fully saturated rings. The Morgan fingerprint density at radius 3 is 2.46 bits per heavy atom. The Kier molecular flexibility index (Phi) is 4.79. The average Bonchev–Trinajstić information content (AvgIpc) is 3.26. The maximum atomic E-state index is 13.3. The molecule has 28 heavy (non-hydrogen) atoms. The van der Waals surface area contributed by atoms with Gasteiger partial charge in [-0.3, -0.25) is 9.59 Å². The first kappa shape index (κ1) is 18.5. The summed E-state index contributed by atoms with van der Waals surface area (Å²) in [5.74, 6) is -0.710. The normalized spacial score (nSPS) is 14.2. The van der Waals surface area contributed by atoms with Gasteiger partial charge in [0.05, 0.1) is 11.3 Å². The van der Waals surface area contributed by atoms with E-state index in [2.05, 4.69) is 5.32 Å². The van der Waals surface area contributed by atoms with Gasteiger partial charge in [-0.1, -0.05) is 35.9 Å². The van der Waals surface area contributed by atoms with Gasteiger partial charge in [0, 0.05) is 15.6 Å². The lowest BCUT2D eigenvalue weighted by molar-refractivity contribution is -0.120. The minimum Gasteiger partial charge on any atom is -0.350 e. The molecule has 0 radical (unpaired) electrons. The molecule has 140 valence electrons. The molecular formula is C22H17ClN2O2S. The van der Waals surface area contributed by atoms with Gasteiger partial charge in [-0.05, 0) is 60.7 Å². The SMILES string of the molecule is Cc1cccc(N2C(=O)C(Nc3cccc(Cl)c3C)=C(c3cccs3)C2=O)c1. The first-order valence-corrected chi connectivity index (χ1v) is 9.99. The first-order chi connectivity index (χ1) is 13.5. The minimum absolute atomic E-state index is 0.263. The third-order valence-electron chi connectivity index (χ3n) is 4.64. The zero-order valence-corrected chi connectivity index (χ0v) is 16.9. The molecule has 4 nitrogen and oxygen atoms in total. The molecule has 1 N–H and O–H groups in total. The molecular weight excluding hydrogens is 392 g/mol. The van der Waals surface area contributed by atoms with Crippen LogP contribution >= 0.6 is 22.9 Å². The largest absolute Gasteiger partial charge is 0.350 e. The summed E-state index contributed by atoms with van der Waals surface area (Å²) in [7, 11) is 0. The van der Waals surface area contributed by atoms with Crippen LogP contribution in [-0.2, 0) is 9.59 Å². The molecule has 0 saturated heterocycles. The number of aryl methyl sites for hydroxylation is 1. The van der Waals surface area contributed by atoms with E-state index in [1.54, 1.807) is 12.1 Å². The summed E-state index contributed by atoms with van der Waals surface area (Å²) in [6.45, 7) is 3.80. The third kappa shape index (κ3) is 3.13. The molecule has 2 heterocycles. The van der Waals surface area contributed by atoms with Crippen LogP contribution in [0.5, 0.6) is 0 Å². The van der Waals surface area contributed by atoms with Crippen LogP contribution in [0.15, 0.2) is 65.7 Å². The average molecular weight is 409 g/mol. The Balaban J connectivity index is 1.83. The van der Waals surface area contributed by atoms with Crippen molar-refractivity contribution in [1.82, 2.24) is 0 Å². The third-order valence-corrected chi connectivity index (χ3v) is 5.94. The number of halogens is 1. The lowest BCUT2D eigenvalue weighted by Gasteiger charge is -2.16. The highest BCUT2D eigenvalue weighted by Crippen LogP contribution is 2.36. The highest BCUT2D eigenvalue weighted by molar-refractivity contribution is 7.11. The number of thiophene rings is 1. The number of rotatable bonds is 4. The number of hydrogen-bond donors (Lipinski definition) is 1. The Morgan fingerprint density at radius 1 is 0.964 bits per heavy atom. The molecule has 0 bridgehead atoms. The molecule has 0 saturated carbocycles. The van der Waals surface area contributed by atoms with Gasteiger partial charge in [0.15, 0.2) is 0 Å². The standard InChI is InChI=1S/C22H17ClN2O2S/c1-13-6-3-7-15(12-13)25-21(26)19(18-10-5-11-28-18)20(22(25)27)24-17-9-4-8-16(23)14(17)2/h3-12,24H,1-2H3. The summed E-state index contributed by atoms with van der Waals surface area (Å²) in [5, 5.41) is 5.65. The Bertz CT molecular complexity index is 1120. The van der Waals surface area contributed by atoms with Crippen LogP contribution in [-0.4, -0.2) is 11.8 Å². The van der Waals surface area contributed by atoms with Gasteiger partial charge in [-0.2, -0.15) is 0 Å². The van der Waals surface area contributed by atoms with Gasteiger partial charge in [-0.15, -0.1) is 11.3 Å². The van der Waals surface area contributed by atoms with E-state index in [1.165, 1.54) is 16.2 Å². The van der Waals surface area contributed by atoms with Crippen LogP contribution in [0.3, 0.4) is 0 Å². The van der Waals surface area contributed by atoms with Crippen molar-refractivity contribution in [3.05, 3.63) is 86.7 Å². The number of carbonyl (C=O) groups is 2. The van der Waals surface area contributed by atoms with Crippen LogP contribution in [0.2, 0.25) is 5.02 Å². The predicted octanol–water partition coefficient (Wildman–Crippen LogP) is 5.41. The van der Waals surface area contributed by atoms with Crippen LogP contribution in [0.4, 0.5) is 11.4 Å². The summed E-state index contributed by atoms with van der Waals surface area (Å²) in [5.41, 5.74) is 3.69. The lowest BCUT2D eigenvalue weighted by Crippen LogP contribution is -2.32. The molecule has 0 spiro atoms. The number of anilines is 2. The summed E-state index contributed by atoms with van der Waals surface area (Å²) in [6.07, 6.45) is 0. The number of hydrogen-bond acceptors (Lipinski definition) is 4. The second kappa shape index (κ2) is 7.26. The fraction of sp³-hybridized carbons (Fsp3) is 0.0909. The molecule has 4 rings (SSSR count). The molecule has 2 amide bonds. The minimum atomic E-state index is -0.377. The van der Waals surface area contributed by atoms with E-state index in [9.17, 15) is 9.59 Å². The topological polar surface area (TPSA) is 49.4 Å². The number of amides is 2. The quantitative estimate of drug-likeness (QED) is 0.587. The maximum Gasteiger partial charge on any atom is 0.282 e. The molecule has 1 aliphatic rings. The molecule has 0 unspecified atom stereocenters. The fourth-order valence-corrected chi connectivity index (χ4v) is 4.12. The molecule has 1 aromatic heterocycles. The number of imide groups is 1. The van der Waals surface area contributed by atoms with Crippen molar-refractivity contribution >= 4 is 51.7 Å². The van der Waals surface area contributed by atoms with Crippen LogP contribution in [0, 0.1) is 13.8 Å². The second-order valence-electron chi connectivity index (χ2n) is 6.55. The Labute approximate surface area is 172 Å². The van der Waals surface area contributed by atoms with E-state index in [-0.39, 0.29) is 17.5 Å². The van der Waals surface area contributed by atoms with Crippen LogP contribution in [0.1, 0.15) is 16.0 Å². The second-order valence-corrected chi connectivity index (χ2v) is 7.90. The van der Waals surface area contributed by atoms with Crippen molar-refractivity contribution in [2.45, 2.75) is 13.8 Å². The molecule has 2 aromatic carbocycles. The van der Waals surface area contributed by atoms with E-state index in [1.807, 2.05) is 61.7 Å². The number of nitrogens with zero attached hydrogens (tertiary/aromatic N) is 1. The van der Waals surface area contributed by atoms with Gasteiger partial charge < -0.3 is 5.32 Å². The molecule has 1 aliphatic heterocycles. The van der Waals surface area contributed by atoms with Crippen molar-refractivity contribution < 1.29 is 9.59 Å². The van der Waals surface area contributed by atoms with Gasteiger partial charge in [0.2, 0.25) is 0 Å². The molecule has 0 atom stereocenters. The molecule has 0 aliphatic carbocycles. The molecule has 6 heteroatoms. The van der Waals surface area contributed by atoms with Gasteiger partial charge in [0.1, 0.15) is 5.70 Å². The van der Waals surface area contributed by atoms with Crippen LogP contribution < -0.4 is 10.2 Å². The van der Waals surface area contributed by atoms with Gasteiger partial charge in [0.25, 0.3) is 11.8 Å². The lowest BCUT2D eigenvalue weighted by atomic mass is 10.1. The summed E-state index contributed by atoms with van der Waals surface area (Å²) in [6, 6.07) is 16.5. The van der Waals surface area contributed by atoms with Crippen molar-refractivity contribution in [2.75, 3.05) is 10.2 Å². The van der Waals surface area contributed by atoms with E-state index < -0.39 is 0 Å². The Hall–Kier alpha value is -2.89. The van der Waals surface area contributed by atoms with Crippen molar-refractivity contribution in [3.63, 3.8) is 0 Å². The highest BCUT2D eigenvalue weighted by atomic mass is 35.5. The Morgan fingerprint density at radius 2 is 1.75 bits per heavy atom. The van der Waals surface area contributed by atoms with Crippen LogP contribution in [0.25, 0.3) is 5.57 Å². The molecule has 3 aromatic rings. The summed E-state index contributed by atoms with van der Waals surface area (Å²) >= 11 is 7.65. The number of benzene rings is 2. The van der Waals surface area contributed by atoms with Gasteiger partial charge in [-0.25, -0.2) is 4.90 Å². The number of nitrogens with one attached hydrogen (secondary N) is 1. The zero-order valence-electron chi connectivity index (χ0n) is 15.3. The van der Waals surface area contributed by atoms with Crippen molar-refractivity contribution in [2.24, 2.45) is 0 Å². The van der Waals surface area contributed by atoms with E-state index in [0.29, 0.717) is 22.0 Å².